The lowest BCUT2D eigenvalue weighted by Crippen LogP contribution is -2.17. The summed E-state index contributed by atoms with van der Waals surface area (Å²) >= 11 is 0. The van der Waals surface area contributed by atoms with Gasteiger partial charge in [0.05, 0.1) is 17.1 Å². The number of nitrogens with zero attached hydrogens (tertiary/aromatic N) is 3. The van der Waals surface area contributed by atoms with Crippen LogP contribution in [0.5, 0.6) is 0 Å². The van der Waals surface area contributed by atoms with Gasteiger partial charge >= 0.3 is 0 Å². The molecule has 0 amide bonds. The van der Waals surface area contributed by atoms with E-state index in [1.807, 2.05) is 6.33 Å². The first-order chi connectivity index (χ1) is 13.2. The summed E-state index contributed by atoms with van der Waals surface area (Å²) in [6.45, 7) is 7.43. The maximum atomic E-state index is 5.81. The van der Waals surface area contributed by atoms with Crippen molar-refractivity contribution in [3.8, 4) is 5.69 Å². The van der Waals surface area contributed by atoms with Crippen molar-refractivity contribution in [2.24, 2.45) is 0 Å². The molecule has 0 spiro atoms. The molecule has 1 atom stereocenters. The fraction of sp³-hybridized carbons (Fsp3) is 0.435. The van der Waals surface area contributed by atoms with Gasteiger partial charge in [-0.05, 0) is 68.5 Å². The number of fused-ring (bicyclic) bond motifs is 1. The quantitative estimate of drug-likeness (QED) is 0.593. The maximum Gasteiger partial charge on any atom is 0.100 e. The van der Waals surface area contributed by atoms with Gasteiger partial charge in [-0.1, -0.05) is 19.1 Å². The third kappa shape index (κ3) is 4.01. The van der Waals surface area contributed by atoms with Gasteiger partial charge in [-0.15, -0.1) is 0 Å². The van der Waals surface area contributed by atoms with Gasteiger partial charge in [-0.2, -0.15) is 0 Å². The zero-order valence-corrected chi connectivity index (χ0v) is 16.4. The normalized spacial score (nSPS) is 15.6. The van der Waals surface area contributed by atoms with E-state index in [-0.39, 0.29) is 6.10 Å². The van der Waals surface area contributed by atoms with E-state index >= 15 is 0 Å². The van der Waals surface area contributed by atoms with E-state index in [4.69, 9.17) is 4.74 Å². The van der Waals surface area contributed by atoms with Gasteiger partial charge in [0.25, 0.3) is 0 Å². The fourth-order valence-electron chi connectivity index (χ4n) is 3.92. The first kappa shape index (κ1) is 18.1. The molecule has 27 heavy (non-hydrogen) atoms. The van der Waals surface area contributed by atoms with E-state index < -0.39 is 0 Å². The molecule has 0 radical (unpaired) electrons. The predicted molar refractivity (Wildman–Crippen MR) is 112 cm³/mol. The molecule has 1 aliphatic rings. The Hall–Kier alpha value is -2.33. The average Bonchev–Trinajstić information content (AvgIpc) is 3.36. The number of hydrogen-bond donors (Lipinski definition) is 0. The minimum Gasteiger partial charge on any atom is -0.378 e. The second-order valence-electron chi connectivity index (χ2n) is 7.54. The van der Waals surface area contributed by atoms with E-state index in [0.717, 1.165) is 43.6 Å². The van der Waals surface area contributed by atoms with Crippen LogP contribution in [0.2, 0.25) is 0 Å². The van der Waals surface area contributed by atoms with Crippen molar-refractivity contribution in [1.29, 1.82) is 0 Å². The Morgan fingerprint density at radius 2 is 1.89 bits per heavy atom. The molecule has 1 unspecified atom stereocenters. The standard InChI is InChI=1S/C23H29N3O/c1-3-13-27-18(2)14-19-9-10-23-22(15-19)24-17-26(23)21-8-6-7-20(16-21)25-11-4-5-12-25/h6-10,15-18H,3-5,11-14H2,1-2H3. The van der Waals surface area contributed by atoms with Gasteiger partial charge in [0, 0.05) is 31.1 Å². The summed E-state index contributed by atoms with van der Waals surface area (Å²) < 4.78 is 8.00. The minimum absolute atomic E-state index is 0.238. The number of anilines is 1. The summed E-state index contributed by atoms with van der Waals surface area (Å²) in [4.78, 5) is 7.13. The molecule has 2 aromatic carbocycles. The minimum atomic E-state index is 0.238. The molecule has 3 aromatic rings. The van der Waals surface area contributed by atoms with Crippen molar-refractivity contribution in [3.05, 3.63) is 54.4 Å². The third-order valence-electron chi connectivity index (χ3n) is 5.32. The van der Waals surface area contributed by atoms with Crippen molar-refractivity contribution < 1.29 is 4.74 Å². The Kier molecular flexibility index (Phi) is 5.44. The topological polar surface area (TPSA) is 30.3 Å². The van der Waals surface area contributed by atoms with Gasteiger partial charge in [0.1, 0.15) is 6.33 Å². The molecule has 1 fully saturated rings. The monoisotopic (exact) mass is 363 g/mol. The molecule has 4 heteroatoms. The molecule has 2 heterocycles. The van der Waals surface area contributed by atoms with E-state index in [1.54, 1.807) is 0 Å². The predicted octanol–water partition coefficient (Wildman–Crippen LogP) is 4.98. The second-order valence-corrected chi connectivity index (χ2v) is 7.54. The van der Waals surface area contributed by atoms with Crippen LogP contribution >= 0.6 is 0 Å². The third-order valence-corrected chi connectivity index (χ3v) is 5.32. The van der Waals surface area contributed by atoms with Crippen LogP contribution < -0.4 is 4.90 Å². The fourth-order valence-corrected chi connectivity index (χ4v) is 3.92. The van der Waals surface area contributed by atoms with E-state index in [0.29, 0.717) is 0 Å². The van der Waals surface area contributed by atoms with Gasteiger partial charge < -0.3 is 9.64 Å². The van der Waals surface area contributed by atoms with Gasteiger partial charge in [-0.3, -0.25) is 4.57 Å². The molecule has 0 aliphatic carbocycles. The van der Waals surface area contributed by atoms with E-state index in [2.05, 4.69) is 70.8 Å². The Morgan fingerprint density at radius 1 is 1.07 bits per heavy atom. The molecule has 1 saturated heterocycles. The van der Waals surface area contributed by atoms with Crippen LogP contribution in [0.4, 0.5) is 5.69 Å². The van der Waals surface area contributed by atoms with Crippen molar-refractivity contribution >= 4 is 16.7 Å². The first-order valence-electron chi connectivity index (χ1n) is 10.2. The van der Waals surface area contributed by atoms with Crippen LogP contribution in [0.3, 0.4) is 0 Å². The Labute approximate surface area is 161 Å². The number of imidazole rings is 1. The molecule has 0 saturated carbocycles. The van der Waals surface area contributed by atoms with E-state index in [9.17, 15) is 0 Å². The number of ether oxygens (including phenoxy) is 1. The SMILES string of the molecule is CCCOC(C)Cc1ccc2c(c1)ncn2-c1cccc(N2CCCC2)c1. The number of aromatic nitrogens is 2. The van der Waals surface area contributed by atoms with Gasteiger partial charge in [0.2, 0.25) is 0 Å². The molecule has 4 rings (SSSR count). The lowest BCUT2D eigenvalue weighted by Gasteiger charge is -2.18. The molecule has 0 bridgehead atoms. The Bertz CT molecular complexity index is 896. The Balaban J connectivity index is 1.57. The largest absolute Gasteiger partial charge is 0.378 e. The number of hydrogen-bond acceptors (Lipinski definition) is 3. The molecule has 142 valence electrons. The van der Waals surface area contributed by atoms with Crippen LogP contribution in [0, 0.1) is 0 Å². The molecular formula is C23H29N3O. The summed E-state index contributed by atoms with van der Waals surface area (Å²) in [6.07, 6.45) is 6.75. The zero-order chi connectivity index (χ0) is 18.6. The van der Waals surface area contributed by atoms with Crippen molar-refractivity contribution in [1.82, 2.24) is 9.55 Å². The van der Waals surface area contributed by atoms with Gasteiger partial charge in [-0.25, -0.2) is 4.98 Å². The number of benzene rings is 2. The van der Waals surface area contributed by atoms with Crippen molar-refractivity contribution in [2.75, 3.05) is 24.6 Å². The highest BCUT2D eigenvalue weighted by molar-refractivity contribution is 5.78. The summed E-state index contributed by atoms with van der Waals surface area (Å²) in [5, 5.41) is 0. The van der Waals surface area contributed by atoms with Crippen LogP contribution in [0.1, 0.15) is 38.7 Å². The Morgan fingerprint density at radius 3 is 2.70 bits per heavy atom. The molecule has 4 nitrogen and oxygen atoms in total. The summed E-state index contributed by atoms with van der Waals surface area (Å²) in [7, 11) is 0. The highest BCUT2D eigenvalue weighted by Gasteiger charge is 2.14. The molecule has 1 aromatic heterocycles. The van der Waals surface area contributed by atoms with Gasteiger partial charge in [0.15, 0.2) is 0 Å². The summed E-state index contributed by atoms with van der Waals surface area (Å²) in [5.41, 5.74) is 5.96. The van der Waals surface area contributed by atoms with Crippen LogP contribution in [0.15, 0.2) is 48.8 Å². The van der Waals surface area contributed by atoms with E-state index in [1.165, 1.54) is 29.8 Å². The lowest BCUT2D eigenvalue weighted by molar-refractivity contribution is 0.0669. The number of rotatable bonds is 7. The summed E-state index contributed by atoms with van der Waals surface area (Å²) in [5.74, 6) is 0. The van der Waals surface area contributed by atoms with Crippen LogP contribution in [-0.2, 0) is 11.2 Å². The van der Waals surface area contributed by atoms with Crippen molar-refractivity contribution in [3.63, 3.8) is 0 Å². The van der Waals surface area contributed by atoms with Crippen LogP contribution in [-0.4, -0.2) is 35.4 Å². The van der Waals surface area contributed by atoms with Crippen LogP contribution in [0.25, 0.3) is 16.7 Å². The molecular weight excluding hydrogens is 334 g/mol. The molecule has 1 aliphatic heterocycles. The zero-order valence-electron chi connectivity index (χ0n) is 16.4. The van der Waals surface area contributed by atoms with Crippen molar-refractivity contribution in [2.45, 2.75) is 45.6 Å². The second kappa shape index (κ2) is 8.13. The highest BCUT2D eigenvalue weighted by atomic mass is 16.5. The molecule has 0 N–H and O–H groups in total. The summed E-state index contributed by atoms with van der Waals surface area (Å²) in [6, 6.07) is 15.4. The smallest absolute Gasteiger partial charge is 0.100 e. The maximum absolute atomic E-state index is 5.81. The first-order valence-corrected chi connectivity index (χ1v) is 10.2. The lowest BCUT2D eigenvalue weighted by atomic mass is 10.1. The average molecular weight is 364 g/mol. The highest BCUT2D eigenvalue weighted by Crippen LogP contribution is 2.25.